The third-order valence-electron chi connectivity index (χ3n) is 3.80. The Morgan fingerprint density at radius 1 is 1.30 bits per heavy atom. The van der Waals surface area contributed by atoms with Crippen LogP contribution in [0.5, 0.6) is 0 Å². The van der Waals surface area contributed by atoms with E-state index in [9.17, 15) is 18.7 Å². The molecular weight excluding hydrogens is 264 g/mol. The zero-order chi connectivity index (χ0) is 14.6. The van der Waals surface area contributed by atoms with Gasteiger partial charge in [-0.2, -0.15) is 0 Å². The Bertz CT molecular complexity index is 485. The molecule has 0 aliphatic heterocycles. The summed E-state index contributed by atoms with van der Waals surface area (Å²) in [6.07, 6.45) is 3.57. The summed E-state index contributed by atoms with van der Waals surface area (Å²) < 4.78 is 26.4. The van der Waals surface area contributed by atoms with E-state index in [1.165, 1.54) is 12.1 Å². The second-order valence-electron chi connectivity index (χ2n) is 5.42. The summed E-state index contributed by atoms with van der Waals surface area (Å²) in [5, 5.41) is 12.7. The number of carbonyl (C=O) groups is 1. The van der Waals surface area contributed by atoms with Gasteiger partial charge in [-0.25, -0.2) is 8.78 Å². The van der Waals surface area contributed by atoms with Crippen molar-refractivity contribution in [1.29, 1.82) is 0 Å². The SMILES string of the molecule is O=C(CCc1cccc(F)c1F)NCC1(O)CCCC1. The van der Waals surface area contributed by atoms with Crippen molar-refractivity contribution >= 4 is 5.91 Å². The number of nitrogens with one attached hydrogen (secondary N) is 1. The molecule has 0 atom stereocenters. The Kier molecular flexibility index (Phi) is 4.70. The fourth-order valence-corrected chi connectivity index (χ4v) is 2.55. The molecule has 20 heavy (non-hydrogen) atoms. The van der Waals surface area contributed by atoms with Crippen molar-refractivity contribution < 1.29 is 18.7 Å². The third kappa shape index (κ3) is 3.76. The summed E-state index contributed by atoms with van der Waals surface area (Å²) in [6.45, 7) is 0.234. The first-order valence-corrected chi connectivity index (χ1v) is 6.92. The van der Waals surface area contributed by atoms with E-state index in [0.29, 0.717) is 12.8 Å². The zero-order valence-electron chi connectivity index (χ0n) is 11.3. The fraction of sp³-hybridized carbons (Fsp3) is 0.533. The molecule has 0 bridgehead atoms. The molecular formula is C15H19F2NO2. The van der Waals surface area contributed by atoms with Crippen LogP contribution in [0.4, 0.5) is 8.78 Å². The molecule has 0 radical (unpaired) electrons. The molecule has 1 aliphatic carbocycles. The van der Waals surface area contributed by atoms with E-state index in [-0.39, 0.29) is 30.9 Å². The highest BCUT2D eigenvalue weighted by atomic mass is 19.2. The number of rotatable bonds is 5. The van der Waals surface area contributed by atoms with E-state index in [0.717, 1.165) is 18.9 Å². The van der Waals surface area contributed by atoms with E-state index < -0.39 is 17.2 Å². The minimum absolute atomic E-state index is 0.0798. The molecule has 0 saturated heterocycles. The minimum Gasteiger partial charge on any atom is -0.388 e. The van der Waals surface area contributed by atoms with E-state index in [1.807, 2.05) is 0 Å². The first-order valence-electron chi connectivity index (χ1n) is 6.92. The number of carbonyl (C=O) groups excluding carboxylic acids is 1. The molecule has 3 nitrogen and oxygen atoms in total. The highest BCUT2D eigenvalue weighted by molar-refractivity contribution is 5.76. The van der Waals surface area contributed by atoms with Gasteiger partial charge in [-0.3, -0.25) is 4.79 Å². The molecule has 2 N–H and O–H groups in total. The zero-order valence-corrected chi connectivity index (χ0v) is 11.3. The molecule has 5 heteroatoms. The Hall–Kier alpha value is -1.49. The van der Waals surface area contributed by atoms with Gasteiger partial charge in [-0.1, -0.05) is 25.0 Å². The molecule has 1 aliphatic rings. The maximum atomic E-state index is 13.4. The maximum absolute atomic E-state index is 13.4. The molecule has 1 amide bonds. The van der Waals surface area contributed by atoms with Gasteiger partial charge in [-0.05, 0) is 30.9 Å². The number of amides is 1. The standard InChI is InChI=1S/C15H19F2NO2/c16-12-5-3-4-11(14(12)17)6-7-13(19)18-10-15(20)8-1-2-9-15/h3-5,20H,1-2,6-10H2,(H,18,19). The minimum atomic E-state index is -0.900. The summed E-state index contributed by atoms with van der Waals surface area (Å²) in [4.78, 5) is 11.7. The summed E-state index contributed by atoms with van der Waals surface area (Å²) in [5.74, 6) is -2.05. The average molecular weight is 283 g/mol. The van der Waals surface area contributed by atoms with E-state index in [2.05, 4.69) is 5.32 Å². The van der Waals surface area contributed by atoms with Crippen molar-refractivity contribution in [3.8, 4) is 0 Å². The lowest BCUT2D eigenvalue weighted by atomic mass is 10.0. The second-order valence-corrected chi connectivity index (χ2v) is 5.42. The van der Waals surface area contributed by atoms with Crippen molar-refractivity contribution in [2.24, 2.45) is 0 Å². The van der Waals surface area contributed by atoms with Gasteiger partial charge in [0.1, 0.15) is 0 Å². The van der Waals surface area contributed by atoms with Crippen LogP contribution in [-0.2, 0) is 11.2 Å². The largest absolute Gasteiger partial charge is 0.388 e. The first-order chi connectivity index (χ1) is 9.50. The average Bonchev–Trinajstić information content (AvgIpc) is 2.86. The molecule has 0 unspecified atom stereocenters. The van der Waals surface area contributed by atoms with Gasteiger partial charge in [0.2, 0.25) is 5.91 Å². The van der Waals surface area contributed by atoms with Crippen LogP contribution < -0.4 is 5.32 Å². The van der Waals surface area contributed by atoms with Gasteiger partial charge in [0, 0.05) is 13.0 Å². The second kappa shape index (κ2) is 6.31. The van der Waals surface area contributed by atoms with Crippen LogP contribution in [0, 0.1) is 11.6 Å². The number of aryl methyl sites for hydroxylation is 1. The summed E-state index contributed by atoms with van der Waals surface area (Å²) in [5.41, 5.74) is -0.598. The van der Waals surface area contributed by atoms with Gasteiger partial charge in [0.15, 0.2) is 11.6 Å². The van der Waals surface area contributed by atoms with E-state index >= 15 is 0 Å². The van der Waals surface area contributed by atoms with Gasteiger partial charge >= 0.3 is 0 Å². The number of hydrogen-bond donors (Lipinski definition) is 2. The maximum Gasteiger partial charge on any atom is 0.220 e. The van der Waals surface area contributed by atoms with E-state index in [4.69, 9.17) is 0 Å². The lowest BCUT2D eigenvalue weighted by molar-refractivity contribution is -0.122. The van der Waals surface area contributed by atoms with E-state index in [1.54, 1.807) is 0 Å². The highest BCUT2D eigenvalue weighted by Gasteiger charge is 2.31. The van der Waals surface area contributed by atoms with Crippen molar-refractivity contribution in [1.82, 2.24) is 5.32 Å². The van der Waals surface area contributed by atoms with Crippen LogP contribution in [0.2, 0.25) is 0 Å². The van der Waals surface area contributed by atoms with Gasteiger partial charge in [0.05, 0.1) is 5.60 Å². The smallest absolute Gasteiger partial charge is 0.220 e. The lowest BCUT2D eigenvalue weighted by Crippen LogP contribution is -2.40. The summed E-state index contributed by atoms with van der Waals surface area (Å²) in [6, 6.07) is 3.94. The van der Waals surface area contributed by atoms with Crippen LogP contribution >= 0.6 is 0 Å². The Morgan fingerprint density at radius 3 is 2.70 bits per heavy atom. The lowest BCUT2D eigenvalue weighted by Gasteiger charge is -2.22. The molecule has 110 valence electrons. The molecule has 1 aromatic carbocycles. The predicted octanol–water partition coefficient (Wildman–Crippen LogP) is 2.32. The number of hydrogen-bond acceptors (Lipinski definition) is 2. The molecule has 0 heterocycles. The van der Waals surface area contributed by atoms with Gasteiger partial charge in [0.25, 0.3) is 0 Å². The van der Waals surface area contributed by atoms with Crippen molar-refractivity contribution in [2.45, 2.75) is 44.1 Å². The van der Waals surface area contributed by atoms with Gasteiger partial charge in [-0.15, -0.1) is 0 Å². The van der Waals surface area contributed by atoms with Crippen LogP contribution in [0.25, 0.3) is 0 Å². The quantitative estimate of drug-likeness (QED) is 0.871. The summed E-state index contributed by atoms with van der Waals surface area (Å²) in [7, 11) is 0. The molecule has 2 rings (SSSR count). The van der Waals surface area contributed by atoms with Crippen molar-refractivity contribution in [3.05, 3.63) is 35.4 Å². The van der Waals surface area contributed by atoms with Crippen LogP contribution in [0.15, 0.2) is 18.2 Å². The topological polar surface area (TPSA) is 49.3 Å². The summed E-state index contributed by atoms with van der Waals surface area (Å²) >= 11 is 0. The molecule has 1 saturated carbocycles. The van der Waals surface area contributed by atoms with Crippen LogP contribution in [-0.4, -0.2) is 23.2 Å². The van der Waals surface area contributed by atoms with Gasteiger partial charge < -0.3 is 10.4 Å². The van der Waals surface area contributed by atoms with Crippen LogP contribution in [0.3, 0.4) is 0 Å². The first kappa shape index (κ1) is 14.9. The Balaban J connectivity index is 1.79. The molecule has 1 aromatic rings. The monoisotopic (exact) mass is 283 g/mol. The van der Waals surface area contributed by atoms with Crippen molar-refractivity contribution in [3.63, 3.8) is 0 Å². The number of aliphatic hydroxyl groups is 1. The Morgan fingerprint density at radius 2 is 2.00 bits per heavy atom. The molecule has 1 fully saturated rings. The Labute approximate surface area is 117 Å². The molecule has 0 aromatic heterocycles. The van der Waals surface area contributed by atoms with Crippen molar-refractivity contribution in [2.75, 3.05) is 6.54 Å². The number of halogens is 2. The fourth-order valence-electron chi connectivity index (χ4n) is 2.55. The molecule has 0 spiro atoms. The third-order valence-corrected chi connectivity index (χ3v) is 3.80. The predicted molar refractivity (Wildman–Crippen MR) is 71.1 cm³/mol. The highest BCUT2D eigenvalue weighted by Crippen LogP contribution is 2.28. The normalized spacial score (nSPS) is 17.1. The van der Waals surface area contributed by atoms with Crippen LogP contribution in [0.1, 0.15) is 37.7 Å². The number of benzene rings is 1.